The summed E-state index contributed by atoms with van der Waals surface area (Å²) < 4.78 is 4.85. The molecule has 1 fully saturated rings. The largest absolute Gasteiger partial charge is 0.364 e. The average molecular weight is 391 g/mol. The Kier molecular flexibility index (Phi) is 7.60. The zero-order valence-electron chi connectivity index (χ0n) is 11.8. The molecule has 1 N–H and O–H groups in total. The molecule has 20 heavy (non-hydrogen) atoms. The molecule has 2 rings (SSSR count). The quantitative estimate of drug-likeness (QED) is 0.362. The fourth-order valence-corrected chi connectivity index (χ4v) is 2.16. The smallest absolute Gasteiger partial charge is 0.193 e. The highest BCUT2D eigenvalue weighted by Gasteiger charge is 2.19. The van der Waals surface area contributed by atoms with Crippen molar-refractivity contribution in [1.82, 2.24) is 20.3 Å². The van der Waals surface area contributed by atoms with Gasteiger partial charge in [0.1, 0.15) is 6.26 Å². The van der Waals surface area contributed by atoms with Gasteiger partial charge >= 0.3 is 0 Å². The number of hydrogen-bond donors (Lipinski definition) is 1. The van der Waals surface area contributed by atoms with Gasteiger partial charge in [-0.15, -0.1) is 30.6 Å². The SMILES string of the molecule is C=CCNC(=NC)N1CCN(Cc2ccon2)CC1.I. The van der Waals surface area contributed by atoms with Crippen molar-refractivity contribution in [2.45, 2.75) is 6.54 Å². The lowest BCUT2D eigenvalue weighted by atomic mass is 10.3. The third-order valence-corrected chi connectivity index (χ3v) is 3.16. The van der Waals surface area contributed by atoms with Crippen molar-refractivity contribution in [2.24, 2.45) is 4.99 Å². The van der Waals surface area contributed by atoms with Crippen LogP contribution in [0.3, 0.4) is 0 Å². The predicted octanol–water partition coefficient (Wildman–Crippen LogP) is 1.17. The second-order valence-corrected chi connectivity index (χ2v) is 4.47. The van der Waals surface area contributed by atoms with E-state index in [4.69, 9.17) is 4.52 Å². The van der Waals surface area contributed by atoms with Crippen LogP contribution >= 0.6 is 24.0 Å². The Morgan fingerprint density at radius 3 is 2.80 bits per heavy atom. The van der Waals surface area contributed by atoms with E-state index in [-0.39, 0.29) is 24.0 Å². The van der Waals surface area contributed by atoms with Gasteiger partial charge in [0.2, 0.25) is 0 Å². The third-order valence-electron chi connectivity index (χ3n) is 3.16. The van der Waals surface area contributed by atoms with E-state index in [9.17, 15) is 0 Å². The number of nitrogens with zero attached hydrogens (tertiary/aromatic N) is 4. The first-order valence-corrected chi connectivity index (χ1v) is 6.51. The van der Waals surface area contributed by atoms with Crippen molar-refractivity contribution in [3.63, 3.8) is 0 Å². The molecule has 1 aliphatic heterocycles. The van der Waals surface area contributed by atoms with Crippen LogP contribution in [0.1, 0.15) is 5.69 Å². The second-order valence-electron chi connectivity index (χ2n) is 4.47. The maximum absolute atomic E-state index is 4.85. The molecule has 1 aliphatic rings. The molecule has 1 aromatic rings. The van der Waals surface area contributed by atoms with E-state index in [2.05, 4.69) is 31.8 Å². The molecule has 2 heterocycles. The highest BCUT2D eigenvalue weighted by Crippen LogP contribution is 2.07. The van der Waals surface area contributed by atoms with Crippen LogP contribution in [0.5, 0.6) is 0 Å². The lowest BCUT2D eigenvalue weighted by Gasteiger charge is -2.36. The standard InChI is InChI=1S/C13H21N5O.HI/c1-3-5-15-13(14-2)18-8-6-17(7-9-18)11-12-4-10-19-16-12;/h3-4,10H,1,5-9,11H2,2H3,(H,14,15);1H. The molecule has 0 radical (unpaired) electrons. The van der Waals surface area contributed by atoms with Gasteiger partial charge in [-0.25, -0.2) is 0 Å². The maximum atomic E-state index is 4.85. The molecule has 0 aliphatic carbocycles. The first kappa shape index (κ1) is 17.0. The maximum Gasteiger partial charge on any atom is 0.193 e. The topological polar surface area (TPSA) is 56.9 Å². The minimum Gasteiger partial charge on any atom is -0.364 e. The molecule has 0 amide bonds. The van der Waals surface area contributed by atoms with Gasteiger partial charge < -0.3 is 14.7 Å². The number of aliphatic imine (C=N–C) groups is 1. The van der Waals surface area contributed by atoms with Gasteiger partial charge in [0.25, 0.3) is 0 Å². The number of piperazine rings is 1. The van der Waals surface area contributed by atoms with E-state index in [0.29, 0.717) is 0 Å². The third kappa shape index (κ3) is 4.78. The number of nitrogens with one attached hydrogen (secondary N) is 1. The van der Waals surface area contributed by atoms with Crippen LogP contribution in [0, 0.1) is 0 Å². The molecule has 7 heteroatoms. The van der Waals surface area contributed by atoms with Crippen molar-refractivity contribution in [3.05, 3.63) is 30.7 Å². The summed E-state index contributed by atoms with van der Waals surface area (Å²) in [5, 5.41) is 7.20. The number of aromatic nitrogens is 1. The van der Waals surface area contributed by atoms with E-state index in [1.165, 1.54) is 0 Å². The van der Waals surface area contributed by atoms with Crippen LogP contribution < -0.4 is 5.32 Å². The molecule has 1 saturated heterocycles. The first-order valence-electron chi connectivity index (χ1n) is 6.51. The number of halogens is 1. The number of hydrogen-bond acceptors (Lipinski definition) is 4. The molecule has 0 spiro atoms. The normalized spacial score (nSPS) is 16.6. The Balaban J connectivity index is 0.00000200. The van der Waals surface area contributed by atoms with E-state index >= 15 is 0 Å². The minimum atomic E-state index is 0. The van der Waals surface area contributed by atoms with E-state index in [1.807, 2.05) is 19.2 Å². The zero-order chi connectivity index (χ0) is 13.5. The summed E-state index contributed by atoms with van der Waals surface area (Å²) >= 11 is 0. The van der Waals surface area contributed by atoms with Crippen LogP contribution in [0.15, 0.2) is 34.5 Å². The first-order chi connectivity index (χ1) is 9.33. The van der Waals surface area contributed by atoms with E-state index in [1.54, 1.807) is 6.26 Å². The predicted molar refractivity (Wildman–Crippen MR) is 90.3 cm³/mol. The van der Waals surface area contributed by atoms with Gasteiger partial charge in [-0.1, -0.05) is 11.2 Å². The monoisotopic (exact) mass is 391 g/mol. The fourth-order valence-electron chi connectivity index (χ4n) is 2.16. The van der Waals surface area contributed by atoms with Gasteiger partial charge in [-0.2, -0.15) is 0 Å². The Morgan fingerprint density at radius 2 is 2.25 bits per heavy atom. The van der Waals surface area contributed by atoms with Crippen LogP contribution in [0.4, 0.5) is 0 Å². The number of rotatable bonds is 4. The van der Waals surface area contributed by atoms with Gasteiger partial charge in [-0.05, 0) is 0 Å². The average Bonchev–Trinajstić information content (AvgIpc) is 2.94. The minimum absolute atomic E-state index is 0. The van der Waals surface area contributed by atoms with Crippen LogP contribution in [-0.4, -0.2) is 60.7 Å². The molecule has 1 aromatic heterocycles. The molecular formula is C13H22IN5O. The fraction of sp³-hybridized carbons (Fsp3) is 0.538. The highest BCUT2D eigenvalue weighted by atomic mass is 127. The Labute approximate surface area is 136 Å². The van der Waals surface area contributed by atoms with Gasteiger partial charge in [0.05, 0.1) is 5.69 Å². The lowest BCUT2D eigenvalue weighted by Crippen LogP contribution is -2.52. The molecule has 0 bridgehead atoms. The van der Waals surface area contributed by atoms with Crippen LogP contribution in [0.2, 0.25) is 0 Å². The summed E-state index contributed by atoms with van der Waals surface area (Å²) in [4.78, 5) is 8.92. The molecule has 0 saturated carbocycles. The molecule has 6 nitrogen and oxygen atoms in total. The van der Waals surface area contributed by atoms with Crippen molar-refractivity contribution in [2.75, 3.05) is 39.8 Å². The van der Waals surface area contributed by atoms with Crippen LogP contribution in [-0.2, 0) is 6.54 Å². The van der Waals surface area contributed by atoms with E-state index < -0.39 is 0 Å². The Bertz CT molecular complexity index is 412. The molecule has 112 valence electrons. The summed E-state index contributed by atoms with van der Waals surface area (Å²) in [7, 11) is 1.81. The highest BCUT2D eigenvalue weighted by molar-refractivity contribution is 14.0. The Morgan fingerprint density at radius 1 is 1.50 bits per heavy atom. The van der Waals surface area contributed by atoms with E-state index in [0.717, 1.165) is 50.9 Å². The molecule has 0 aromatic carbocycles. The molecule has 0 unspecified atom stereocenters. The Hall–Kier alpha value is -1.09. The van der Waals surface area contributed by atoms with Crippen molar-refractivity contribution < 1.29 is 4.52 Å². The van der Waals surface area contributed by atoms with Crippen molar-refractivity contribution in [3.8, 4) is 0 Å². The summed E-state index contributed by atoms with van der Waals surface area (Å²) in [5.74, 6) is 0.945. The summed E-state index contributed by atoms with van der Waals surface area (Å²) in [6.07, 6.45) is 3.46. The molecule has 0 atom stereocenters. The summed E-state index contributed by atoms with van der Waals surface area (Å²) in [6.45, 7) is 9.24. The van der Waals surface area contributed by atoms with Crippen LogP contribution in [0.25, 0.3) is 0 Å². The number of guanidine groups is 1. The van der Waals surface area contributed by atoms with Gasteiger partial charge in [0.15, 0.2) is 5.96 Å². The molecular weight excluding hydrogens is 369 g/mol. The lowest BCUT2D eigenvalue weighted by molar-refractivity contribution is 0.169. The summed E-state index contributed by atoms with van der Waals surface area (Å²) in [6, 6.07) is 1.91. The van der Waals surface area contributed by atoms with Crippen molar-refractivity contribution >= 4 is 29.9 Å². The summed E-state index contributed by atoms with van der Waals surface area (Å²) in [5.41, 5.74) is 0.989. The van der Waals surface area contributed by atoms with Gasteiger partial charge in [0, 0.05) is 52.4 Å². The zero-order valence-corrected chi connectivity index (χ0v) is 14.1. The van der Waals surface area contributed by atoms with Gasteiger partial charge in [-0.3, -0.25) is 9.89 Å². The van der Waals surface area contributed by atoms with Crippen molar-refractivity contribution in [1.29, 1.82) is 0 Å². The second kappa shape index (κ2) is 8.96.